The molecule has 94 valence electrons. The molecule has 0 amide bonds. The number of carbonyl (C=O) groups is 1. The number of methoxy groups -OCH3 is 1. The summed E-state index contributed by atoms with van der Waals surface area (Å²) in [6.07, 6.45) is 0.818. The molecule has 1 rings (SSSR count). The molecule has 1 aromatic carbocycles. The summed E-state index contributed by atoms with van der Waals surface area (Å²) in [4.78, 5) is 20.7. The predicted octanol–water partition coefficient (Wildman–Crippen LogP) is 2.73. The SMILES string of the molecule is CC.COC(=O)CCc1ccc([N+](=O)[O-])cc1. The van der Waals surface area contributed by atoms with Gasteiger partial charge in [-0.15, -0.1) is 0 Å². The Morgan fingerprint density at radius 1 is 1.29 bits per heavy atom. The van der Waals surface area contributed by atoms with Crippen LogP contribution in [-0.2, 0) is 16.0 Å². The van der Waals surface area contributed by atoms with E-state index in [2.05, 4.69) is 4.74 Å². The van der Waals surface area contributed by atoms with Crippen LogP contribution in [0.1, 0.15) is 25.8 Å². The number of non-ortho nitro benzene ring substituents is 1. The van der Waals surface area contributed by atoms with Gasteiger partial charge < -0.3 is 4.74 Å². The second-order valence-electron chi connectivity index (χ2n) is 3.00. The van der Waals surface area contributed by atoms with Gasteiger partial charge in [0.15, 0.2) is 0 Å². The van der Waals surface area contributed by atoms with Crippen molar-refractivity contribution in [1.29, 1.82) is 0 Å². The highest BCUT2D eigenvalue weighted by Crippen LogP contribution is 2.13. The summed E-state index contributed by atoms with van der Waals surface area (Å²) >= 11 is 0. The Kier molecular flexibility index (Phi) is 7.34. The number of nitro groups is 1. The third-order valence-corrected chi connectivity index (χ3v) is 1.99. The largest absolute Gasteiger partial charge is 0.469 e. The van der Waals surface area contributed by atoms with E-state index in [1.165, 1.54) is 19.2 Å². The highest BCUT2D eigenvalue weighted by atomic mass is 16.6. The third-order valence-electron chi connectivity index (χ3n) is 1.99. The minimum atomic E-state index is -0.454. The Hall–Kier alpha value is -1.91. The van der Waals surface area contributed by atoms with E-state index in [9.17, 15) is 14.9 Å². The number of nitrogens with zero attached hydrogens (tertiary/aromatic N) is 1. The summed E-state index contributed by atoms with van der Waals surface area (Å²) in [6, 6.07) is 6.13. The van der Waals surface area contributed by atoms with Gasteiger partial charge in [0.25, 0.3) is 5.69 Å². The highest BCUT2D eigenvalue weighted by Gasteiger charge is 2.05. The van der Waals surface area contributed by atoms with Crippen molar-refractivity contribution < 1.29 is 14.5 Å². The molecule has 0 aliphatic heterocycles. The number of aryl methyl sites for hydroxylation is 1. The van der Waals surface area contributed by atoms with E-state index in [1.54, 1.807) is 12.1 Å². The molecular formula is C12H17NO4. The highest BCUT2D eigenvalue weighted by molar-refractivity contribution is 5.69. The smallest absolute Gasteiger partial charge is 0.305 e. The Labute approximate surface area is 101 Å². The van der Waals surface area contributed by atoms with Crippen LogP contribution < -0.4 is 0 Å². The Morgan fingerprint density at radius 2 is 1.82 bits per heavy atom. The van der Waals surface area contributed by atoms with Crippen molar-refractivity contribution in [2.75, 3.05) is 7.11 Å². The van der Waals surface area contributed by atoms with Crippen molar-refractivity contribution in [3.63, 3.8) is 0 Å². The fourth-order valence-corrected chi connectivity index (χ4v) is 1.13. The van der Waals surface area contributed by atoms with Gasteiger partial charge in [0.2, 0.25) is 0 Å². The number of carbonyl (C=O) groups excluding carboxylic acids is 1. The zero-order valence-electron chi connectivity index (χ0n) is 10.3. The normalized spacial score (nSPS) is 8.88. The van der Waals surface area contributed by atoms with Gasteiger partial charge in [-0.25, -0.2) is 0 Å². The summed E-state index contributed by atoms with van der Waals surface area (Å²) in [7, 11) is 1.33. The van der Waals surface area contributed by atoms with Crippen LogP contribution in [0, 0.1) is 10.1 Å². The van der Waals surface area contributed by atoms with Gasteiger partial charge in [0, 0.05) is 18.6 Å². The average Bonchev–Trinajstić information content (AvgIpc) is 2.38. The van der Waals surface area contributed by atoms with Gasteiger partial charge in [-0.2, -0.15) is 0 Å². The van der Waals surface area contributed by atoms with E-state index in [1.807, 2.05) is 13.8 Å². The van der Waals surface area contributed by atoms with Crippen LogP contribution in [0.15, 0.2) is 24.3 Å². The maximum absolute atomic E-state index is 10.8. The van der Waals surface area contributed by atoms with Crippen LogP contribution in [0.25, 0.3) is 0 Å². The molecule has 0 aromatic heterocycles. The second-order valence-corrected chi connectivity index (χ2v) is 3.00. The number of rotatable bonds is 4. The van der Waals surface area contributed by atoms with Gasteiger partial charge in [0.1, 0.15) is 0 Å². The fourth-order valence-electron chi connectivity index (χ4n) is 1.13. The quantitative estimate of drug-likeness (QED) is 0.460. The minimum Gasteiger partial charge on any atom is -0.469 e. The molecule has 0 spiro atoms. The molecule has 0 N–H and O–H groups in total. The number of nitro benzene ring substituents is 1. The lowest BCUT2D eigenvalue weighted by Crippen LogP contribution is -2.01. The first-order valence-corrected chi connectivity index (χ1v) is 5.43. The van der Waals surface area contributed by atoms with E-state index in [0.717, 1.165) is 5.56 Å². The molecule has 5 heteroatoms. The Morgan fingerprint density at radius 3 is 2.24 bits per heavy atom. The molecule has 5 nitrogen and oxygen atoms in total. The van der Waals surface area contributed by atoms with E-state index < -0.39 is 4.92 Å². The van der Waals surface area contributed by atoms with Crippen molar-refractivity contribution in [3.05, 3.63) is 39.9 Å². The van der Waals surface area contributed by atoms with Crippen molar-refractivity contribution in [2.24, 2.45) is 0 Å². The van der Waals surface area contributed by atoms with E-state index in [-0.39, 0.29) is 18.1 Å². The van der Waals surface area contributed by atoms with E-state index >= 15 is 0 Å². The molecule has 0 fully saturated rings. The van der Waals surface area contributed by atoms with Crippen LogP contribution in [0.2, 0.25) is 0 Å². The lowest BCUT2D eigenvalue weighted by molar-refractivity contribution is -0.384. The van der Waals surface area contributed by atoms with Gasteiger partial charge in [-0.3, -0.25) is 14.9 Å². The molecular weight excluding hydrogens is 222 g/mol. The molecule has 0 atom stereocenters. The first-order chi connectivity index (χ1) is 8.13. The number of hydrogen-bond donors (Lipinski definition) is 0. The first kappa shape index (κ1) is 15.1. The third kappa shape index (κ3) is 5.65. The second kappa shape index (κ2) is 8.27. The zero-order chi connectivity index (χ0) is 13.3. The molecule has 1 aromatic rings. The molecule has 0 radical (unpaired) electrons. The number of hydrogen-bond acceptors (Lipinski definition) is 4. The molecule has 0 bridgehead atoms. The lowest BCUT2D eigenvalue weighted by atomic mass is 10.1. The summed E-state index contributed by atoms with van der Waals surface area (Å²) in [6.45, 7) is 4.00. The molecule has 0 saturated carbocycles. The molecule has 0 unspecified atom stereocenters. The molecule has 17 heavy (non-hydrogen) atoms. The number of ether oxygens (including phenoxy) is 1. The maximum atomic E-state index is 10.8. The first-order valence-electron chi connectivity index (χ1n) is 5.43. The van der Waals surface area contributed by atoms with E-state index in [0.29, 0.717) is 6.42 Å². The minimum absolute atomic E-state index is 0.0526. The van der Waals surface area contributed by atoms with Crippen LogP contribution in [0.3, 0.4) is 0 Å². The van der Waals surface area contributed by atoms with Crippen molar-refractivity contribution in [1.82, 2.24) is 0 Å². The monoisotopic (exact) mass is 239 g/mol. The van der Waals surface area contributed by atoms with Crippen molar-refractivity contribution in [3.8, 4) is 0 Å². The van der Waals surface area contributed by atoms with Crippen molar-refractivity contribution in [2.45, 2.75) is 26.7 Å². The molecule has 0 aliphatic carbocycles. The Balaban J connectivity index is 0.00000121. The van der Waals surface area contributed by atoms with Crippen LogP contribution >= 0.6 is 0 Å². The van der Waals surface area contributed by atoms with Gasteiger partial charge >= 0.3 is 5.97 Å². The van der Waals surface area contributed by atoms with Crippen LogP contribution in [0.5, 0.6) is 0 Å². The average molecular weight is 239 g/mol. The van der Waals surface area contributed by atoms with Gasteiger partial charge in [-0.05, 0) is 12.0 Å². The summed E-state index contributed by atoms with van der Waals surface area (Å²) < 4.78 is 4.49. The fraction of sp³-hybridized carbons (Fsp3) is 0.417. The topological polar surface area (TPSA) is 69.4 Å². The van der Waals surface area contributed by atoms with E-state index in [4.69, 9.17) is 0 Å². The number of benzene rings is 1. The molecule has 0 heterocycles. The Bertz CT molecular complexity index is 359. The van der Waals surface area contributed by atoms with Crippen LogP contribution in [0.4, 0.5) is 5.69 Å². The number of esters is 1. The van der Waals surface area contributed by atoms with Gasteiger partial charge in [0.05, 0.1) is 12.0 Å². The molecule has 0 aliphatic rings. The molecule has 0 saturated heterocycles. The lowest BCUT2D eigenvalue weighted by Gasteiger charge is -1.99. The zero-order valence-corrected chi connectivity index (χ0v) is 10.3. The van der Waals surface area contributed by atoms with Crippen LogP contribution in [-0.4, -0.2) is 18.0 Å². The van der Waals surface area contributed by atoms with Crippen molar-refractivity contribution >= 4 is 11.7 Å². The summed E-state index contributed by atoms with van der Waals surface area (Å²) in [5.74, 6) is -0.284. The summed E-state index contributed by atoms with van der Waals surface area (Å²) in [5.41, 5.74) is 0.933. The summed E-state index contributed by atoms with van der Waals surface area (Å²) in [5, 5.41) is 10.4. The standard InChI is InChI=1S/C10H11NO4.C2H6/c1-15-10(12)7-4-8-2-5-9(6-3-8)11(13)14;1-2/h2-3,5-6H,4,7H2,1H3;1-2H3. The predicted molar refractivity (Wildman–Crippen MR) is 64.8 cm³/mol. The van der Waals surface area contributed by atoms with Gasteiger partial charge in [-0.1, -0.05) is 26.0 Å². The maximum Gasteiger partial charge on any atom is 0.305 e.